The second-order valence-electron chi connectivity index (χ2n) is 11.6. The highest BCUT2D eigenvalue weighted by Crippen LogP contribution is 2.34. The summed E-state index contributed by atoms with van der Waals surface area (Å²) in [6.07, 6.45) is 5.31. The number of ether oxygens (including phenoxy) is 1. The molecule has 3 saturated heterocycles. The van der Waals surface area contributed by atoms with E-state index in [0.717, 1.165) is 55.8 Å². The molecule has 3 amide bonds. The van der Waals surface area contributed by atoms with E-state index in [-0.39, 0.29) is 30.6 Å². The first-order valence-electron chi connectivity index (χ1n) is 14.5. The molecule has 3 fully saturated rings. The predicted octanol–water partition coefficient (Wildman–Crippen LogP) is 3.84. The van der Waals surface area contributed by atoms with Gasteiger partial charge in [-0.3, -0.25) is 24.6 Å². The van der Waals surface area contributed by atoms with Crippen molar-refractivity contribution in [2.75, 3.05) is 31.6 Å². The monoisotopic (exact) mass is 548 g/mol. The molecule has 4 aliphatic heterocycles. The van der Waals surface area contributed by atoms with E-state index in [1.54, 1.807) is 12.1 Å². The molecule has 0 spiro atoms. The lowest BCUT2D eigenvalue weighted by Gasteiger charge is -2.37. The van der Waals surface area contributed by atoms with Crippen LogP contribution in [0.2, 0.25) is 0 Å². The minimum Gasteiger partial charge on any atom is -0.381 e. The number of imide groups is 1. The van der Waals surface area contributed by atoms with Crippen molar-refractivity contribution in [1.82, 2.24) is 15.1 Å². The van der Waals surface area contributed by atoms with Crippen molar-refractivity contribution < 1.29 is 23.5 Å². The summed E-state index contributed by atoms with van der Waals surface area (Å²) in [5.74, 6) is 0.332. The second-order valence-corrected chi connectivity index (χ2v) is 11.6. The Balaban J connectivity index is 1.05. The highest BCUT2D eigenvalue weighted by atomic mass is 19.1. The molecule has 0 bridgehead atoms. The fourth-order valence-corrected chi connectivity index (χ4v) is 6.81. The lowest BCUT2D eigenvalue weighted by Crippen LogP contribution is -2.52. The molecular formula is C31H37FN4O4. The Bertz CT molecular complexity index is 1290. The molecule has 212 valence electrons. The Morgan fingerprint density at radius 2 is 1.75 bits per heavy atom. The number of fused-ring (bicyclic) bond motifs is 1. The third-order valence-electron chi connectivity index (χ3n) is 9.11. The molecule has 40 heavy (non-hydrogen) atoms. The van der Waals surface area contributed by atoms with Crippen LogP contribution < -0.4 is 10.6 Å². The molecule has 2 aromatic rings. The van der Waals surface area contributed by atoms with Crippen LogP contribution in [0.3, 0.4) is 0 Å². The SMILES string of the molecule is O=C1CCC(N2Cc3cccc(NCc4ccc(CN5CCC(C6CCOCC6)CC5)cc4F)c3C2=O)C(=O)N1. The lowest BCUT2D eigenvalue weighted by molar-refractivity contribution is -0.136. The number of anilines is 1. The van der Waals surface area contributed by atoms with Crippen LogP contribution in [0, 0.1) is 17.7 Å². The maximum Gasteiger partial charge on any atom is 0.257 e. The number of benzene rings is 2. The number of likely N-dealkylation sites (tertiary alicyclic amines) is 1. The smallest absolute Gasteiger partial charge is 0.257 e. The second kappa shape index (κ2) is 11.7. The number of hydrogen-bond acceptors (Lipinski definition) is 6. The fourth-order valence-electron chi connectivity index (χ4n) is 6.81. The first-order valence-corrected chi connectivity index (χ1v) is 14.5. The molecule has 0 aliphatic carbocycles. The van der Waals surface area contributed by atoms with Crippen molar-refractivity contribution in [3.05, 3.63) is 64.5 Å². The van der Waals surface area contributed by atoms with Crippen LogP contribution in [0.4, 0.5) is 10.1 Å². The Kier molecular flexibility index (Phi) is 7.85. The molecule has 6 rings (SSSR count). The average Bonchev–Trinajstić information content (AvgIpc) is 3.30. The van der Waals surface area contributed by atoms with E-state index in [2.05, 4.69) is 15.5 Å². The minimum absolute atomic E-state index is 0.214. The zero-order valence-corrected chi connectivity index (χ0v) is 22.8. The Labute approximate surface area is 234 Å². The van der Waals surface area contributed by atoms with Gasteiger partial charge in [-0.25, -0.2) is 4.39 Å². The molecule has 2 aromatic carbocycles. The zero-order valence-electron chi connectivity index (χ0n) is 22.8. The molecule has 0 radical (unpaired) electrons. The van der Waals surface area contributed by atoms with Gasteiger partial charge in [0.2, 0.25) is 11.8 Å². The van der Waals surface area contributed by atoms with E-state index in [1.165, 1.54) is 30.6 Å². The van der Waals surface area contributed by atoms with Crippen molar-refractivity contribution in [2.45, 2.75) is 64.2 Å². The van der Waals surface area contributed by atoms with Crippen LogP contribution in [0.1, 0.15) is 65.6 Å². The molecule has 4 heterocycles. The fraction of sp³-hybridized carbons (Fsp3) is 0.516. The molecule has 8 nitrogen and oxygen atoms in total. The minimum atomic E-state index is -0.664. The normalized spacial score (nSPS) is 22.9. The van der Waals surface area contributed by atoms with E-state index in [0.29, 0.717) is 29.8 Å². The third-order valence-corrected chi connectivity index (χ3v) is 9.11. The number of amides is 3. The van der Waals surface area contributed by atoms with Gasteiger partial charge in [-0.05, 0) is 80.3 Å². The number of piperidine rings is 2. The van der Waals surface area contributed by atoms with Gasteiger partial charge in [0.1, 0.15) is 11.9 Å². The van der Waals surface area contributed by atoms with Gasteiger partial charge in [0.05, 0.1) is 5.56 Å². The first kappa shape index (κ1) is 26.9. The molecule has 4 aliphatic rings. The van der Waals surface area contributed by atoms with Gasteiger partial charge in [0, 0.05) is 50.5 Å². The number of rotatable bonds is 7. The number of nitrogens with zero attached hydrogens (tertiary/aromatic N) is 2. The number of carbonyl (C=O) groups excluding carboxylic acids is 3. The summed E-state index contributed by atoms with van der Waals surface area (Å²) < 4.78 is 20.6. The van der Waals surface area contributed by atoms with Gasteiger partial charge in [0.25, 0.3) is 5.91 Å². The molecule has 1 unspecified atom stereocenters. The summed E-state index contributed by atoms with van der Waals surface area (Å²) in [5, 5.41) is 5.58. The van der Waals surface area contributed by atoms with Crippen molar-refractivity contribution in [3.8, 4) is 0 Å². The van der Waals surface area contributed by atoms with Gasteiger partial charge in [0.15, 0.2) is 0 Å². The number of nitrogens with one attached hydrogen (secondary N) is 2. The summed E-state index contributed by atoms with van der Waals surface area (Å²) in [6.45, 7) is 5.20. The van der Waals surface area contributed by atoms with Crippen LogP contribution in [-0.2, 0) is 34.0 Å². The van der Waals surface area contributed by atoms with Crippen LogP contribution >= 0.6 is 0 Å². The van der Waals surface area contributed by atoms with Crippen LogP contribution in [0.5, 0.6) is 0 Å². The van der Waals surface area contributed by atoms with E-state index in [4.69, 9.17) is 4.74 Å². The topological polar surface area (TPSA) is 91.0 Å². The number of halogens is 1. The van der Waals surface area contributed by atoms with Crippen molar-refractivity contribution in [1.29, 1.82) is 0 Å². The van der Waals surface area contributed by atoms with Gasteiger partial charge >= 0.3 is 0 Å². The Morgan fingerprint density at radius 3 is 2.50 bits per heavy atom. The highest BCUT2D eigenvalue weighted by Gasteiger charge is 2.40. The zero-order chi connectivity index (χ0) is 27.6. The molecule has 0 saturated carbocycles. The molecule has 1 atom stereocenters. The lowest BCUT2D eigenvalue weighted by atomic mass is 9.80. The summed E-state index contributed by atoms with van der Waals surface area (Å²) in [6, 6.07) is 10.3. The van der Waals surface area contributed by atoms with Crippen molar-refractivity contribution in [2.24, 2.45) is 11.8 Å². The Hall–Kier alpha value is -3.30. The molecular weight excluding hydrogens is 511 g/mol. The summed E-state index contributed by atoms with van der Waals surface area (Å²) in [5.41, 5.74) is 3.45. The van der Waals surface area contributed by atoms with Gasteiger partial charge in [-0.2, -0.15) is 0 Å². The van der Waals surface area contributed by atoms with E-state index >= 15 is 4.39 Å². The van der Waals surface area contributed by atoms with Crippen molar-refractivity contribution >= 4 is 23.4 Å². The summed E-state index contributed by atoms with van der Waals surface area (Å²) in [4.78, 5) is 41.2. The van der Waals surface area contributed by atoms with Crippen LogP contribution in [0.25, 0.3) is 0 Å². The highest BCUT2D eigenvalue weighted by molar-refractivity contribution is 6.07. The largest absolute Gasteiger partial charge is 0.381 e. The maximum absolute atomic E-state index is 15.1. The van der Waals surface area contributed by atoms with E-state index in [1.807, 2.05) is 24.3 Å². The average molecular weight is 549 g/mol. The summed E-state index contributed by atoms with van der Waals surface area (Å²) in [7, 11) is 0. The molecule has 2 N–H and O–H groups in total. The van der Waals surface area contributed by atoms with Crippen LogP contribution in [0.15, 0.2) is 36.4 Å². The predicted molar refractivity (Wildman–Crippen MR) is 148 cm³/mol. The quantitative estimate of drug-likeness (QED) is 0.511. The van der Waals surface area contributed by atoms with Gasteiger partial charge in [-0.1, -0.05) is 24.3 Å². The van der Waals surface area contributed by atoms with Gasteiger partial charge in [-0.15, -0.1) is 0 Å². The number of carbonyl (C=O) groups is 3. The Morgan fingerprint density at radius 1 is 0.975 bits per heavy atom. The maximum atomic E-state index is 15.1. The first-order chi connectivity index (χ1) is 19.5. The van der Waals surface area contributed by atoms with Gasteiger partial charge < -0.3 is 15.0 Å². The van der Waals surface area contributed by atoms with E-state index in [9.17, 15) is 14.4 Å². The standard InChI is InChI=1S/C31H37FN4O4/c32-25-16-20(18-35-12-8-21(9-13-35)22-10-14-40-15-11-22)4-5-23(25)17-33-26-3-1-2-24-19-36(31(39)29(24)26)27-6-7-28(37)34-30(27)38/h1-5,16,21-22,27,33H,6-15,17-19H2,(H,34,37,38). The van der Waals surface area contributed by atoms with E-state index < -0.39 is 11.9 Å². The van der Waals surface area contributed by atoms with Crippen LogP contribution in [-0.4, -0.2) is 59.9 Å². The van der Waals surface area contributed by atoms with Crippen molar-refractivity contribution in [3.63, 3.8) is 0 Å². The summed E-state index contributed by atoms with van der Waals surface area (Å²) >= 11 is 0. The number of hydrogen-bond donors (Lipinski definition) is 2. The molecule has 9 heteroatoms. The third kappa shape index (κ3) is 5.63. The molecule has 0 aromatic heterocycles.